The monoisotopic (exact) mass is 451 g/mol. The van der Waals surface area contributed by atoms with Crippen molar-refractivity contribution in [1.82, 2.24) is 5.32 Å². The summed E-state index contributed by atoms with van der Waals surface area (Å²) in [5.74, 6) is 0.451. The zero-order valence-electron chi connectivity index (χ0n) is 15.1. The van der Waals surface area contributed by atoms with E-state index < -0.39 is 46.0 Å². The molecule has 0 atom stereocenters. The van der Waals surface area contributed by atoms with Crippen molar-refractivity contribution in [2.45, 2.75) is 63.8 Å². The summed E-state index contributed by atoms with van der Waals surface area (Å²) in [7, 11) is -9.54. The van der Waals surface area contributed by atoms with Crippen LogP contribution in [0.3, 0.4) is 0 Å². The third kappa shape index (κ3) is 20.1. The maximum absolute atomic E-state index is 11.9. The van der Waals surface area contributed by atoms with Crippen LogP contribution in [0.25, 0.3) is 0 Å². The number of amides is 1. The molecule has 0 unspecified atom stereocenters. The number of hydrogen-bond donors (Lipinski definition) is 4. The minimum atomic E-state index is -4.77. The van der Waals surface area contributed by atoms with Gasteiger partial charge in [0.05, 0.1) is 19.3 Å². The van der Waals surface area contributed by atoms with Gasteiger partial charge in [-0.05, 0) is 18.6 Å². The van der Waals surface area contributed by atoms with Gasteiger partial charge in [-0.25, -0.2) is 8.37 Å². The molecule has 0 saturated carbocycles. The quantitative estimate of drug-likeness (QED) is 0.146. The van der Waals surface area contributed by atoms with Crippen LogP contribution in [0.15, 0.2) is 0 Å². The molecule has 0 fully saturated rings. The Bertz CT molecular complexity index is 571. The van der Waals surface area contributed by atoms with E-state index in [0.29, 0.717) is 6.42 Å². The summed E-state index contributed by atoms with van der Waals surface area (Å²) >= 11 is 4.15. The Hall–Kier alpha value is -0.440. The summed E-state index contributed by atoms with van der Waals surface area (Å²) in [4.78, 5) is 11.9. The van der Waals surface area contributed by atoms with Crippen LogP contribution in [0.5, 0.6) is 0 Å². The van der Waals surface area contributed by atoms with Crippen molar-refractivity contribution in [3.05, 3.63) is 0 Å². The Morgan fingerprint density at radius 3 is 1.63 bits per heavy atom. The first kappa shape index (κ1) is 26.6. The van der Waals surface area contributed by atoms with Crippen LogP contribution < -0.4 is 5.32 Å². The van der Waals surface area contributed by atoms with Gasteiger partial charge in [-0.2, -0.15) is 29.5 Å². The van der Waals surface area contributed by atoms with Crippen LogP contribution in [-0.4, -0.2) is 56.9 Å². The lowest BCUT2D eigenvalue weighted by Gasteiger charge is -2.17. The van der Waals surface area contributed by atoms with E-state index in [2.05, 4.69) is 26.3 Å². The average Bonchev–Trinajstić information content (AvgIpc) is 2.54. The third-order valence-corrected chi connectivity index (χ3v) is 4.70. The Labute approximate surface area is 166 Å². The first-order valence-corrected chi connectivity index (χ1v) is 12.0. The maximum Gasteiger partial charge on any atom is 0.397 e. The predicted molar refractivity (Wildman–Crippen MR) is 102 cm³/mol. The molecule has 27 heavy (non-hydrogen) atoms. The Balaban J connectivity index is 4.08. The SMILES string of the molecule is O=C(CCCCCCCCCCS)NC(COS(=O)(=O)O)COS(=O)(=O)O. The van der Waals surface area contributed by atoms with Crippen LogP contribution in [0.4, 0.5) is 0 Å². The second-order valence-corrected chi connectivity index (χ2v) is 8.62. The summed E-state index contributed by atoms with van der Waals surface area (Å²) in [6.45, 7) is -1.49. The lowest BCUT2D eigenvalue weighted by atomic mass is 10.1. The van der Waals surface area contributed by atoms with E-state index in [9.17, 15) is 21.6 Å². The molecule has 0 bridgehead atoms. The Kier molecular flexibility index (Phi) is 14.3. The Morgan fingerprint density at radius 2 is 1.22 bits per heavy atom. The van der Waals surface area contributed by atoms with Gasteiger partial charge < -0.3 is 5.32 Å². The van der Waals surface area contributed by atoms with Crippen molar-refractivity contribution >= 4 is 39.3 Å². The highest BCUT2D eigenvalue weighted by Gasteiger charge is 2.19. The highest BCUT2D eigenvalue weighted by molar-refractivity contribution is 7.81. The minimum absolute atomic E-state index is 0.161. The topological polar surface area (TPSA) is 156 Å². The fourth-order valence-electron chi connectivity index (χ4n) is 2.23. The fraction of sp³-hybridized carbons (Fsp3) is 0.929. The lowest BCUT2D eigenvalue weighted by Crippen LogP contribution is -2.42. The molecule has 0 aromatic carbocycles. The van der Waals surface area contributed by atoms with Gasteiger partial charge in [0.2, 0.25) is 5.91 Å². The van der Waals surface area contributed by atoms with E-state index in [1.807, 2.05) is 0 Å². The number of carbonyl (C=O) groups excluding carboxylic acids is 1. The lowest BCUT2D eigenvalue weighted by molar-refractivity contribution is -0.122. The summed E-state index contributed by atoms with van der Waals surface area (Å²) in [6.07, 6.45) is 8.31. The standard InChI is InChI=1S/C14H29NO9S3/c16-14(9-7-5-3-1-2-4-6-8-10-25)15-13(11-23-26(17,18)19)12-24-27(20,21)22/h13,25H,1-12H2,(H,15,16)(H,17,18,19)(H,20,21,22). The average molecular weight is 452 g/mol. The summed E-state index contributed by atoms with van der Waals surface area (Å²) in [5, 5.41) is 2.34. The molecule has 0 aliphatic rings. The van der Waals surface area contributed by atoms with Crippen molar-refractivity contribution in [1.29, 1.82) is 0 Å². The third-order valence-electron chi connectivity index (χ3n) is 3.51. The summed E-state index contributed by atoms with van der Waals surface area (Å²) in [6, 6.07) is -1.19. The summed E-state index contributed by atoms with van der Waals surface area (Å²) < 4.78 is 67.7. The summed E-state index contributed by atoms with van der Waals surface area (Å²) in [5.41, 5.74) is 0. The molecule has 0 heterocycles. The van der Waals surface area contributed by atoms with Crippen LogP contribution in [0.2, 0.25) is 0 Å². The molecule has 13 heteroatoms. The van der Waals surface area contributed by atoms with Gasteiger partial charge in [-0.1, -0.05) is 38.5 Å². The highest BCUT2D eigenvalue weighted by atomic mass is 32.3. The van der Waals surface area contributed by atoms with E-state index >= 15 is 0 Å². The molecular formula is C14H29NO9S3. The largest absolute Gasteiger partial charge is 0.397 e. The van der Waals surface area contributed by atoms with Gasteiger partial charge >= 0.3 is 20.8 Å². The van der Waals surface area contributed by atoms with Gasteiger partial charge in [0.15, 0.2) is 0 Å². The van der Waals surface area contributed by atoms with E-state index in [0.717, 1.165) is 37.9 Å². The molecule has 3 N–H and O–H groups in total. The Morgan fingerprint density at radius 1 is 0.815 bits per heavy atom. The number of carbonyl (C=O) groups is 1. The van der Waals surface area contributed by atoms with Crippen LogP contribution >= 0.6 is 12.6 Å². The smallest absolute Gasteiger partial charge is 0.349 e. The van der Waals surface area contributed by atoms with Crippen LogP contribution in [0, 0.1) is 0 Å². The zero-order valence-corrected chi connectivity index (χ0v) is 17.6. The van der Waals surface area contributed by atoms with Gasteiger partial charge in [0.25, 0.3) is 0 Å². The highest BCUT2D eigenvalue weighted by Crippen LogP contribution is 2.10. The minimum Gasteiger partial charge on any atom is -0.349 e. The molecule has 0 radical (unpaired) electrons. The number of unbranched alkanes of at least 4 members (excludes halogenated alkanes) is 7. The second-order valence-electron chi connectivity index (χ2n) is 5.99. The van der Waals surface area contributed by atoms with Crippen LogP contribution in [-0.2, 0) is 34.0 Å². The zero-order chi connectivity index (χ0) is 20.8. The number of thiol groups is 1. The molecule has 0 aromatic heterocycles. The van der Waals surface area contributed by atoms with Crippen molar-refractivity contribution in [2.24, 2.45) is 0 Å². The predicted octanol–water partition coefficient (Wildman–Crippen LogP) is 1.55. The van der Waals surface area contributed by atoms with E-state index in [1.54, 1.807) is 0 Å². The van der Waals surface area contributed by atoms with Crippen molar-refractivity contribution in [3.8, 4) is 0 Å². The van der Waals surface area contributed by atoms with Crippen molar-refractivity contribution in [3.63, 3.8) is 0 Å². The van der Waals surface area contributed by atoms with E-state index in [1.165, 1.54) is 12.8 Å². The molecule has 10 nitrogen and oxygen atoms in total. The maximum atomic E-state index is 11.9. The molecular weight excluding hydrogens is 422 g/mol. The molecule has 1 amide bonds. The van der Waals surface area contributed by atoms with E-state index in [4.69, 9.17) is 9.11 Å². The first-order valence-electron chi connectivity index (χ1n) is 8.67. The second kappa shape index (κ2) is 14.5. The van der Waals surface area contributed by atoms with Gasteiger partial charge in [-0.3, -0.25) is 13.9 Å². The van der Waals surface area contributed by atoms with Gasteiger partial charge in [0, 0.05) is 6.42 Å². The van der Waals surface area contributed by atoms with Gasteiger partial charge in [0.1, 0.15) is 0 Å². The molecule has 0 saturated heterocycles. The van der Waals surface area contributed by atoms with Gasteiger partial charge in [-0.15, -0.1) is 0 Å². The molecule has 0 aromatic rings. The molecule has 0 aliphatic carbocycles. The number of rotatable bonds is 17. The van der Waals surface area contributed by atoms with Crippen LogP contribution in [0.1, 0.15) is 57.8 Å². The number of nitrogens with one attached hydrogen (secondary N) is 1. The normalized spacial score (nSPS) is 12.4. The fourth-order valence-corrected chi connectivity index (χ4v) is 3.12. The molecule has 0 aliphatic heterocycles. The van der Waals surface area contributed by atoms with Crippen molar-refractivity contribution in [2.75, 3.05) is 19.0 Å². The molecule has 0 spiro atoms. The first-order chi connectivity index (χ1) is 12.5. The molecule has 0 rings (SSSR count). The molecule has 162 valence electrons. The van der Waals surface area contributed by atoms with Crippen molar-refractivity contribution < 1.29 is 39.1 Å². The van der Waals surface area contributed by atoms with E-state index in [-0.39, 0.29) is 6.42 Å². The number of hydrogen-bond acceptors (Lipinski definition) is 8.